The predicted molar refractivity (Wildman–Crippen MR) is 76.9 cm³/mol. The summed E-state index contributed by atoms with van der Waals surface area (Å²) in [4.78, 5) is 24.8. The highest BCUT2D eigenvalue weighted by atomic mass is 19.1. The van der Waals surface area contributed by atoms with Crippen molar-refractivity contribution in [1.29, 1.82) is 0 Å². The summed E-state index contributed by atoms with van der Waals surface area (Å²) < 4.78 is 13.2. The van der Waals surface area contributed by atoms with Crippen molar-refractivity contribution >= 4 is 17.5 Å². The first kappa shape index (κ1) is 16.1. The van der Waals surface area contributed by atoms with E-state index in [4.69, 9.17) is 0 Å². The number of anilines is 1. The number of hydrogen-bond donors (Lipinski definition) is 1. The van der Waals surface area contributed by atoms with Crippen molar-refractivity contribution in [3.8, 4) is 0 Å². The maximum absolute atomic E-state index is 13.2. The Morgan fingerprint density at radius 2 is 1.95 bits per heavy atom. The van der Waals surface area contributed by atoms with Crippen molar-refractivity contribution in [2.75, 3.05) is 18.0 Å². The number of halogens is 1. The average molecular weight is 280 g/mol. The van der Waals surface area contributed by atoms with Gasteiger partial charge in [0.2, 0.25) is 11.8 Å². The van der Waals surface area contributed by atoms with Gasteiger partial charge >= 0.3 is 0 Å². The van der Waals surface area contributed by atoms with E-state index in [2.05, 4.69) is 5.32 Å². The number of hydrogen-bond acceptors (Lipinski definition) is 2. The number of carbonyl (C=O) groups is 2. The molecule has 2 amide bonds. The minimum absolute atomic E-state index is 0.0831. The Balaban J connectivity index is 2.66. The highest BCUT2D eigenvalue weighted by Crippen LogP contribution is 2.16. The molecule has 5 heteroatoms. The second-order valence-corrected chi connectivity index (χ2v) is 5.66. The number of nitrogens with zero attached hydrogens (tertiary/aromatic N) is 1. The van der Waals surface area contributed by atoms with Crippen molar-refractivity contribution in [3.63, 3.8) is 0 Å². The zero-order chi connectivity index (χ0) is 15.3. The van der Waals surface area contributed by atoms with Gasteiger partial charge in [0.25, 0.3) is 0 Å². The Hall–Kier alpha value is -1.91. The molecule has 0 bridgehead atoms. The maximum Gasteiger partial charge on any atom is 0.225 e. The van der Waals surface area contributed by atoms with E-state index >= 15 is 0 Å². The Morgan fingerprint density at radius 1 is 1.30 bits per heavy atom. The van der Waals surface area contributed by atoms with Crippen LogP contribution in [0.25, 0.3) is 0 Å². The number of benzene rings is 1. The van der Waals surface area contributed by atoms with Gasteiger partial charge in [-0.2, -0.15) is 0 Å². The fourth-order valence-corrected chi connectivity index (χ4v) is 1.66. The summed E-state index contributed by atoms with van der Waals surface area (Å²) in [6, 6.07) is 5.83. The summed E-state index contributed by atoms with van der Waals surface area (Å²) in [6.45, 7) is 7.50. The van der Waals surface area contributed by atoms with Crippen LogP contribution in [0.1, 0.15) is 27.7 Å². The van der Waals surface area contributed by atoms with Crippen LogP contribution in [-0.4, -0.2) is 24.9 Å². The Labute approximate surface area is 119 Å². The average Bonchev–Trinajstić information content (AvgIpc) is 2.32. The van der Waals surface area contributed by atoms with E-state index in [-0.39, 0.29) is 11.8 Å². The highest BCUT2D eigenvalue weighted by molar-refractivity contribution is 5.91. The van der Waals surface area contributed by atoms with Gasteiger partial charge in [-0.1, -0.05) is 26.8 Å². The van der Waals surface area contributed by atoms with Gasteiger partial charge in [-0.15, -0.1) is 0 Å². The van der Waals surface area contributed by atoms with E-state index in [1.165, 1.54) is 24.0 Å². The topological polar surface area (TPSA) is 49.4 Å². The third kappa shape index (κ3) is 4.64. The minimum atomic E-state index is -0.472. The minimum Gasteiger partial charge on any atom is -0.354 e. The van der Waals surface area contributed by atoms with Crippen LogP contribution < -0.4 is 10.2 Å². The van der Waals surface area contributed by atoms with Crippen LogP contribution in [0.2, 0.25) is 0 Å². The van der Waals surface area contributed by atoms with E-state index in [1.807, 2.05) is 20.8 Å². The first-order valence-electron chi connectivity index (χ1n) is 6.54. The number of nitrogens with one attached hydrogen (secondary N) is 1. The van der Waals surface area contributed by atoms with E-state index in [0.29, 0.717) is 18.8 Å². The molecule has 1 rings (SSSR count). The Morgan fingerprint density at radius 3 is 2.45 bits per heavy atom. The molecule has 1 N–H and O–H groups in total. The molecule has 0 atom stereocenters. The monoisotopic (exact) mass is 280 g/mol. The zero-order valence-electron chi connectivity index (χ0n) is 12.4. The maximum atomic E-state index is 13.2. The van der Waals surface area contributed by atoms with Crippen LogP contribution in [0.4, 0.5) is 10.1 Å². The summed E-state index contributed by atoms with van der Waals surface area (Å²) in [7, 11) is 0. The quantitative estimate of drug-likeness (QED) is 0.920. The molecule has 20 heavy (non-hydrogen) atoms. The van der Waals surface area contributed by atoms with Gasteiger partial charge in [-0.05, 0) is 18.2 Å². The normalized spacial score (nSPS) is 11.1. The van der Waals surface area contributed by atoms with E-state index < -0.39 is 11.2 Å². The van der Waals surface area contributed by atoms with Gasteiger partial charge in [0.05, 0.1) is 0 Å². The molecule has 1 aromatic carbocycles. The number of carbonyl (C=O) groups excluding carboxylic acids is 2. The van der Waals surface area contributed by atoms with Crippen molar-refractivity contribution < 1.29 is 14.0 Å². The van der Waals surface area contributed by atoms with Gasteiger partial charge in [0.15, 0.2) is 0 Å². The van der Waals surface area contributed by atoms with Gasteiger partial charge in [-0.3, -0.25) is 9.59 Å². The van der Waals surface area contributed by atoms with Crippen molar-refractivity contribution in [2.45, 2.75) is 27.7 Å². The third-order valence-electron chi connectivity index (χ3n) is 2.80. The molecule has 0 unspecified atom stereocenters. The first-order valence-corrected chi connectivity index (χ1v) is 6.54. The molecule has 0 saturated heterocycles. The van der Waals surface area contributed by atoms with Crippen LogP contribution in [0.3, 0.4) is 0 Å². The summed E-state index contributed by atoms with van der Waals surface area (Å²) in [5.74, 6) is -0.673. The van der Waals surface area contributed by atoms with Crippen LogP contribution in [0, 0.1) is 11.2 Å². The molecule has 0 saturated carbocycles. The molecule has 0 aromatic heterocycles. The number of rotatable bonds is 4. The van der Waals surface area contributed by atoms with Gasteiger partial charge in [0.1, 0.15) is 5.82 Å². The first-order chi connectivity index (χ1) is 9.21. The lowest BCUT2D eigenvalue weighted by Crippen LogP contribution is -2.41. The lowest BCUT2D eigenvalue weighted by atomic mass is 9.96. The molecule has 0 radical (unpaired) electrons. The van der Waals surface area contributed by atoms with E-state index in [1.54, 1.807) is 12.1 Å². The SMILES string of the molecule is CC(=O)N(CCNC(=O)C(C)(C)C)c1cccc(F)c1. The molecule has 0 aliphatic carbocycles. The van der Waals surface area contributed by atoms with Gasteiger partial charge in [0, 0.05) is 31.1 Å². The van der Waals surface area contributed by atoms with Gasteiger partial charge in [-0.25, -0.2) is 4.39 Å². The Kier molecular flexibility index (Phi) is 5.25. The lowest BCUT2D eigenvalue weighted by molar-refractivity contribution is -0.128. The van der Waals surface area contributed by atoms with Crippen molar-refractivity contribution in [1.82, 2.24) is 5.32 Å². The lowest BCUT2D eigenvalue weighted by Gasteiger charge is -2.23. The van der Waals surface area contributed by atoms with Crippen LogP contribution >= 0.6 is 0 Å². The fourth-order valence-electron chi connectivity index (χ4n) is 1.66. The predicted octanol–water partition coefficient (Wildman–Crippen LogP) is 2.34. The summed E-state index contributed by atoms with van der Waals surface area (Å²) in [6.07, 6.45) is 0. The Bertz CT molecular complexity index is 495. The fraction of sp³-hybridized carbons (Fsp3) is 0.467. The molecule has 1 aromatic rings. The molecule has 0 spiro atoms. The molecule has 0 aliphatic rings. The molecule has 0 heterocycles. The molecule has 110 valence electrons. The second kappa shape index (κ2) is 6.50. The molecule has 0 fully saturated rings. The summed E-state index contributed by atoms with van der Waals surface area (Å²) in [5, 5.41) is 2.77. The van der Waals surface area contributed by atoms with Crippen molar-refractivity contribution in [2.24, 2.45) is 5.41 Å². The van der Waals surface area contributed by atoms with E-state index in [0.717, 1.165) is 0 Å². The smallest absolute Gasteiger partial charge is 0.225 e. The van der Waals surface area contributed by atoms with Crippen molar-refractivity contribution in [3.05, 3.63) is 30.1 Å². The molecule has 4 nitrogen and oxygen atoms in total. The van der Waals surface area contributed by atoms with Gasteiger partial charge < -0.3 is 10.2 Å². The summed E-state index contributed by atoms with van der Waals surface area (Å²) >= 11 is 0. The zero-order valence-corrected chi connectivity index (χ0v) is 12.4. The molecular weight excluding hydrogens is 259 g/mol. The third-order valence-corrected chi connectivity index (χ3v) is 2.80. The standard InChI is InChI=1S/C15H21FN2O2/c1-11(19)18(13-7-5-6-12(16)10-13)9-8-17-14(20)15(2,3)4/h5-7,10H,8-9H2,1-4H3,(H,17,20). The van der Waals surface area contributed by atoms with Crippen LogP contribution in [-0.2, 0) is 9.59 Å². The summed E-state index contributed by atoms with van der Waals surface area (Å²) in [5.41, 5.74) is 0.0161. The highest BCUT2D eigenvalue weighted by Gasteiger charge is 2.21. The largest absolute Gasteiger partial charge is 0.354 e. The molecule has 0 aliphatic heterocycles. The van der Waals surface area contributed by atoms with Crippen LogP contribution in [0.5, 0.6) is 0 Å². The van der Waals surface area contributed by atoms with E-state index in [9.17, 15) is 14.0 Å². The second-order valence-electron chi connectivity index (χ2n) is 5.66. The number of amides is 2. The van der Waals surface area contributed by atoms with Crippen LogP contribution in [0.15, 0.2) is 24.3 Å². The molecular formula is C15H21FN2O2.